The van der Waals surface area contributed by atoms with Gasteiger partial charge in [-0.25, -0.2) is 14.0 Å². The fourth-order valence-electron chi connectivity index (χ4n) is 4.56. The number of hydrogen-bond acceptors (Lipinski definition) is 2. The third-order valence-corrected chi connectivity index (χ3v) is 5.98. The quantitative estimate of drug-likeness (QED) is 0.328. The molecule has 3 aromatic heterocycles. The van der Waals surface area contributed by atoms with Crippen LogP contribution in [0.3, 0.4) is 0 Å². The molecule has 0 aliphatic rings. The molecule has 0 saturated heterocycles. The molecular weight excluding hydrogens is 392 g/mol. The third kappa shape index (κ3) is 2.88. The molecule has 4 nitrogen and oxygen atoms in total. The van der Waals surface area contributed by atoms with Crippen molar-refractivity contribution in [2.75, 3.05) is 0 Å². The number of pyridine rings is 1. The van der Waals surface area contributed by atoms with E-state index in [-0.39, 0.29) is 0 Å². The predicted molar refractivity (Wildman–Crippen MR) is 129 cm³/mol. The Morgan fingerprint density at radius 1 is 0.750 bits per heavy atom. The molecule has 32 heavy (non-hydrogen) atoms. The van der Waals surface area contributed by atoms with Gasteiger partial charge in [0, 0.05) is 11.1 Å². The molecule has 3 aromatic carbocycles. The lowest BCUT2D eigenvalue weighted by Gasteiger charge is -2.04. The van der Waals surface area contributed by atoms with Crippen molar-refractivity contribution in [3.05, 3.63) is 97.2 Å². The smallest absolute Gasteiger partial charge is 0.226 e. The van der Waals surface area contributed by atoms with Crippen LogP contribution < -0.4 is 4.57 Å². The van der Waals surface area contributed by atoms with Gasteiger partial charge >= 0.3 is 5.65 Å². The minimum atomic E-state index is 0.752. The van der Waals surface area contributed by atoms with Crippen LogP contribution in [0.4, 0.5) is 0 Å². The Morgan fingerprint density at radius 3 is 2.19 bits per heavy atom. The monoisotopic (exact) mass is 415 g/mol. The molecule has 0 aliphatic carbocycles. The van der Waals surface area contributed by atoms with Crippen LogP contribution in [-0.4, -0.2) is 14.4 Å². The number of imidazole rings is 1. The van der Waals surface area contributed by atoms with Crippen LogP contribution in [0.2, 0.25) is 0 Å². The number of nitrogens with zero attached hydrogens (tertiary/aromatic N) is 4. The number of fused-ring (bicyclic) bond motifs is 5. The first-order valence-corrected chi connectivity index (χ1v) is 11.1. The van der Waals surface area contributed by atoms with Gasteiger partial charge in [-0.15, -0.1) is 0 Å². The second kappa shape index (κ2) is 7.57. The van der Waals surface area contributed by atoms with Crippen LogP contribution in [0.15, 0.2) is 97.2 Å². The maximum atomic E-state index is 5.13. The Labute approximate surface area is 186 Å². The molecule has 0 N–H and O–H groups in total. The molecule has 0 aliphatic heterocycles. The first-order valence-electron chi connectivity index (χ1n) is 11.1. The second-order valence-electron chi connectivity index (χ2n) is 8.05. The summed E-state index contributed by atoms with van der Waals surface area (Å²) in [5.41, 5.74) is 6.25. The Kier molecular flexibility index (Phi) is 4.43. The van der Waals surface area contributed by atoms with Crippen LogP contribution >= 0.6 is 0 Å². The van der Waals surface area contributed by atoms with E-state index in [4.69, 9.17) is 9.97 Å². The Balaban J connectivity index is 1.82. The van der Waals surface area contributed by atoms with Crippen LogP contribution in [0.5, 0.6) is 0 Å². The number of aryl methyl sites for hydroxylation is 1. The van der Waals surface area contributed by atoms with Gasteiger partial charge in [-0.3, -0.25) is 0 Å². The second-order valence-corrected chi connectivity index (χ2v) is 8.05. The zero-order chi connectivity index (χ0) is 21.5. The van der Waals surface area contributed by atoms with Gasteiger partial charge in [0.1, 0.15) is 5.69 Å². The van der Waals surface area contributed by atoms with Gasteiger partial charge in [0.2, 0.25) is 17.0 Å². The highest BCUT2D eigenvalue weighted by atomic mass is 15.2. The summed E-state index contributed by atoms with van der Waals surface area (Å²) in [6, 6.07) is 31.4. The molecule has 0 fully saturated rings. The van der Waals surface area contributed by atoms with Crippen molar-refractivity contribution in [2.24, 2.45) is 0 Å². The first-order chi connectivity index (χ1) is 15.8. The third-order valence-electron chi connectivity index (χ3n) is 5.98. The molecule has 4 heteroatoms. The molecule has 6 rings (SSSR count). The van der Waals surface area contributed by atoms with Crippen molar-refractivity contribution in [3.63, 3.8) is 0 Å². The van der Waals surface area contributed by atoms with Crippen LogP contribution in [0, 0.1) is 0 Å². The summed E-state index contributed by atoms with van der Waals surface area (Å²) in [5, 5.41) is 2.45. The lowest BCUT2D eigenvalue weighted by atomic mass is 10.1. The van der Waals surface area contributed by atoms with E-state index < -0.39 is 0 Å². The molecule has 0 atom stereocenters. The Hall–Kier alpha value is -4.05. The van der Waals surface area contributed by atoms with E-state index in [0.717, 1.165) is 52.4 Å². The number of rotatable bonds is 4. The van der Waals surface area contributed by atoms with Crippen LogP contribution in [0.1, 0.15) is 13.3 Å². The van der Waals surface area contributed by atoms with E-state index in [9.17, 15) is 0 Å². The highest BCUT2D eigenvalue weighted by Gasteiger charge is 2.27. The summed E-state index contributed by atoms with van der Waals surface area (Å²) in [6.45, 7) is 3.10. The highest BCUT2D eigenvalue weighted by Crippen LogP contribution is 2.31. The van der Waals surface area contributed by atoms with Crippen molar-refractivity contribution in [3.8, 4) is 22.6 Å². The summed E-state index contributed by atoms with van der Waals surface area (Å²) >= 11 is 0. The van der Waals surface area contributed by atoms with Crippen LogP contribution in [-0.2, 0) is 6.54 Å². The number of aromatic nitrogens is 4. The maximum Gasteiger partial charge on any atom is 0.307 e. The standard InChI is InChI=1S/C28H23N4/c1-2-18-32-27-25(31-19-17-20-11-9-10-16-23(20)28(31)32)24(21-12-5-3-6-13-21)29-26(30-27)22-14-7-4-8-15-22/h3-17,19H,2,18H2,1H3/q+1. The average molecular weight is 416 g/mol. The molecule has 0 bridgehead atoms. The van der Waals surface area contributed by atoms with Gasteiger partial charge in [-0.1, -0.05) is 78.6 Å². The zero-order valence-corrected chi connectivity index (χ0v) is 17.9. The summed E-state index contributed by atoms with van der Waals surface area (Å²) in [7, 11) is 0. The largest absolute Gasteiger partial charge is 0.307 e. The lowest BCUT2D eigenvalue weighted by Crippen LogP contribution is -2.34. The van der Waals surface area contributed by atoms with Gasteiger partial charge in [-0.05, 0) is 36.1 Å². The maximum absolute atomic E-state index is 5.13. The van der Waals surface area contributed by atoms with Gasteiger partial charge in [0.15, 0.2) is 0 Å². The van der Waals surface area contributed by atoms with Crippen molar-refractivity contribution < 1.29 is 4.57 Å². The molecule has 3 heterocycles. The fraction of sp³-hybridized carbons (Fsp3) is 0.107. The molecule has 6 aromatic rings. The van der Waals surface area contributed by atoms with Crippen molar-refractivity contribution in [1.82, 2.24) is 14.4 Å². The highest BCUT2D eigenvalue weighted by molar-refractivity contribution is 5.97. The summed E-state index contributed by atoms with van der Waals surface area (Å²) in [5.74, 6) is 0.752. The van der Waals surface area contributed by atoms with E-state index in [0.29, 0.717) is 0 Å². The minimum Gasteiger partial charge on any atom is -0.226 e. The summed E-state index contributed by atoms with van der Waals surface area (Å²) in [6.07, 6.45) is 3.18. The van der Waals surface area contributed by atoms with E-state index in [1.165, 1.54) is 10.8 Å². The number of benzene rings is 3. The van der Waals surface area contributed by atoms with Crippen molar-refractivity contribution in [2.45, 2.75) is 19.9 Å². The predicted octanol–water partition coefficient (Wildman–Crippen LogP) is 6.07. The molecule has 154 valence electrons. The fourth-order valence-corrected chi connectivity index (χ4v) is 4.56. The van der Waals surface area contributed by atoms with Gasteiger partial charge in [0.25, 0.3) is 0 Å². The summed E-state index contributed by atoms with van der Waals surface area (Å²) in [4.78, 5) is 10.2. The first kappa shape index (κ1) is 18.7. The van der Waals surface area contributed by atoms with Crippen molar-refractivity contribution >= 4 is 27.6 Å². The normalized spacial score (nSPS) is 11.5. The topological polar surface area (TPSA) is 34.1 Å². The van der Waals surface area contributed by atoms with E-state index in [1.807, 2.05) is 24.3 Å². The van der Waals surface area contributed by atoms with Gasteiger partial charge in [0.05, 0.1) is 18.1 Å². The molecule has 0 spiro atoms. The molecular formula is C28H23N4+. The zero-order valence-electron chi connectivity index (χ0n) is 17.9. The lowest BCUT2D eigenvalue weighted by molar-refractivity contribution is -0.646. The van der Waals surface area contributed by atoms with Gasteiger partial charge in [-0.2, -0.15) is 0 Å². The Bertz CT molecular complexity index is 1570. The molecule has 0 saturated carbocycles. The van der Waals surface area contributed by atoms with E-state index >= 15 is 0 Å². The molecule has 0 unspecified atom stereocenters. The average Bonchev–Trinajstić information content (AvgIpc) is 3.19. The molecule has 0 amide bonds. The number of hydrogen-bond donors (Lipinski definition) is 0. The van der Waals surface area contributed by atoms with Gasteiger partial charge < -0.3 is 0 Å². The Morgan fingerprint density at radius 2 is 1.44 bits per heavy atom. The van der Waals surface area contributed by atoms with Crippen LogP contribution in [0.25, 0.3) is 50.2 Å². The van der Waals surface area contributed by atoms with Crippen molar-refractivity contribution in [1.29, 1.82) is 0 Å². The minimum absolute atomic E-state index is 0.752. The SMILES string of the molecule is CCC[n+]1c2nc(-c3ccccc3)nc(-c3ccccc3)c2n2ccc3ccccc3c21. The van der Waals surface area contributed by atoms with E-state index in [2.05, 4.69) is 88.8 Å². The molecule has 0 radical (unpaired) electrons. The van der Waals surface area contributed by atoms with E-state index in [1.54, 1.807) is 0 Å². The summed E-state index contributed by atoms with van der Waals surface area (Å²) < 4.78 is 4.63.